The van der Waals surface area contributed by atoms with Crippen molar-refractivity contribution in [3.05, 3.63) is 60.7 Å². The third kappa shape index (κ3) is 10.6. The van der Waals surface area contributed by atoms with E-state index in [-0.39, 0.29) is 0 Å². The maximum absolute atomic E-state index is 11.7. The summed E-state index contributed by atoms with van der Waals surface area (Å²) < 4.78 is 23.0. The Bertz CT molecular complexity index is 1080. The van der Waals surface area contributed by atoms with Gasteiger partial charge < -0.3 is 18.9 Å². The zero-order valence-corrected chi connectivity index (χ0v) is 25.5. The van der Waals surface area contributed by atoms with Crippen LogP contribution in [0.3, 0.4) is 0 Å². The molecule has 1 aliphatic carbocycles. The molecule has 2 aromatic rings. The zero-order valence-electron chi connectivity index (χ0n) is 25.5. The van der Waals surface area contributed by atoms with E-state index in [9.17, 15) is 4.79 Å². The molecule has 41 heavy (non-hydrogen) atoms. The van der Waals surface area contributed by atoms with Gasteiger partial charge in [-0.15, -0.1) is 0 Å². The third-order valence-corrected chi connectivity index (χ3v) is 8.58. The highest BCUT2D eigenvalue weighted by atomic mass is 16.7. The van der Waals surface area contributed by atoms with E-state index in [2.05, 4.69) is 18.7 Å². The van der Waals surface area contributed by atoms with Crippen LogP contribution in [0.25, 0.3) is 11.1 Å². The lowest BCUT2D eigenvalue weighted by Crippen LogP contribution is -2.39. The fourth-order valence-corrected chi connectivity index (χ4v) is 6.10. The molecule has 0 spiro atoms. The first-order valence-electron chi connectivity index (χ1n) is 15.8. The number of rotatable bonds is 14. The minimum absolute atomic E-state index is 0.380. The Morgan fingerprint density at radius 3 is 2.00 bits per heavy atom. The van der Waals surface area contributed by atoms with Crippen LogP contribution in [-0.2, 0) is 14.3 Å². The van der Waals surface area contributed by atoms with Gasteiger partial charge in [0.15, 0.2) is 5.79 Å². The maximum Gasteiger partial charge on any atom is 0.338 e. The van der Waals surface area contributed by atoms with Crippen molar-refractivity contribution < 1.29 is 23.7 Å². The summed E-state index contributed by atoms with van der Waals surface area (Å²) >= 11 is 0. The highest BCUT2D eigenvalue weighted by Crippen LogP contribution is 2.36. The lowest BCUT2D eigenvalue weighted by atomic mass is 9.77. The molecule has 0 bridgehead atoms. The van der Waals surface area contributed by atoms with Crippen LogP contribution in [0, 0.1) is 11.8 Å². The van der Waals surface area contributed by atoms with Crippen LogP contribution < -0.4 is 9.47 Å². The lowest BCUT2D eigenvalue weighted by molar-refractivity contribution is -0.274. The fourth-order valence-electron chi connectivity index (χ4n) is 6.10. The lowest BCUT2D eigenvalue weighted by Gasteiger charge is -2.37. The van der Waals surface area contributed by atoms with Crippen molar-refractivity contribution >= 4 is 5.97 Å². The number of hydrogen-bond acceptors (Lipinski definition) is 5. The normalized spacial score (nSPS) is 22.2. The second-order valence-electron chi connectivity index (χ2n) is 12.5. The number of hydrogen-bond donors (Lipinski definition) is 0. The van der Waals surface area contributed by atoms with Crippen molar-refractivity contribution in [3.8, 4) is 22.6 Å². The monoisotopic (exact) mass is 562 g/mol. The van der Waals surface area contributed by atoms with Crippen LogP contribution in [0.15, 0.2) is 60.7 Å². The van der Waals surface area contributed by atoms with E-state index in [1.807, 2.05) is 38.1 Å². The Hall–Kier alpha value is -2.63. The highest BCUT2D eigenvalue weighted by molar-refractivity contribution is 5.88. The second-order valence-corrected chi connectivity index (χ2v) is 12.5. The Morgan fingerprint density at radius 2 is 1.39 bits per heavy atom. The van der Waals surface area contributed by atoms with Gasteiger partial charge in [0.05, 0.1) is 19.3 Å². The summed E-state index contributed by atoms with van der Waals surface area (Å²) in [6.07, 6.45) is 15.9. The van der Waals surface area contributed by atoms with Crippen molar-refractivity contribution in [3.63, 3.8) is 0 Å². The summed E-state index contributed by atoms with van der Waals surface area (Å²) in [6.45, 7) is 10.9. The average molecular weight is 563 g/mol. The smallest absolute Gasteiger partial charge is 0.338 e. The Morgan fingerprint density at radius 1 is 0.805 bits per heavy atom. The van der Waals surface area contributed by atoms with Crippen LogP contribution in [0.4, 0.5) is 0 Å². The molecule has 1 atom stereocenters. The predicted molar refractivity (Wildman–Crippen MR) is 165 cm³/mol. The summed E-state index contributed by atoms with van der Waals surface area (Å²) in [5.41, 5.74) is 2.55. The van der Waals surface area contributed by atoms with Crippen molar-refractivity contribution in [2.45, 2.75) is 110 Å². The molecule has 224 valence electrons. The SMILES string of the molecule is C=C(C)C(=O)Oc1ccc(-c2ccc(OCCCCCCC3CCC(CCC4CCOC(C)(C)O4)CC3)cc2)cc1. The molecule has 1 unspecified atom stereocenters. The highest BCUT2D eigenvalue weighted by Gasteiger charge is 2.30. The van der Waals surface area contributed by atoms with Crippen LogP contribution in [0.1, 0.15) is 97.8 Å². The molecule has 0 amide bonds. The van der Waals surface area contributed by atoms with E-state index >= 15 is 0 Å². The van der Waals surface area contributed by atoms with Crippen molar-refractivity contribution in [2.24, 2.45) is 11.8 Å². The van der Waals surface area contributed by atoms with Gasteiger partial charge in [-0.2, -0.15) is 0 Å². The van der Waals surface area contributed by atoms with Gasteiger partial charge in [0.1, 0.15) is 11.5 Å². The van der Waals surface area contributed by atoms with E-state index in [1.165, 1.54) is 64.2 Å². The van der Waals surface area contributed by atoms with Crippen molar-refractivity contribution in [2.75, 3.05) is 13.2 Å². The molecular weight excluding hydrogens is 512 g/mol. The standard InChI is InChI=1S/C36H50O5/c1-27(2)35(37)40-33-22-17-31(18-23-33)30-15-20-32(21-16-30)38-25-8-6-5-7-9-28-10-12-29(13-11-28)14-19-34-24-26-39-36(3,4)41-34/h15-18,20-23,28-29,34H,1,5-14,19,24-26H2,2-4H3. The molecule has 4 rings (SSSR count). The molecule has 0 N–H and O–H groups in total. The molecule has 1 heterocycles. The van der Waals surface area contributed by atoms with Gasteiger partial charge >= 0.3 is 5.97 Å². The minimum Gasteiger partial charge on any atom is -0.494 e. The van der Waals surface area contributed by atoms with Gasteiger partial charge in [0.25, 0.3) is 0 Å². The Kier molecular flexibility index (Phi) is 11.9. The Balaban J connectivity index is 1.03. The van der Waals surface area contributed by atoms with Gasteiger partial charge in [-0.1, -0.05) is 82.2 Å². The average Bonchev–Trinajstić information content (AvgIpc) is 2.96. The number of benzene rings is 2. The van der Waals surface area contributed by atoms with Crippen molar-refractivity contribution in [1.29, 1.82) is 0 Å². The Labute approximate surface area is 247 Å². The maximum atomic E-state index is 11.7. The van der Waals surface area contributed by atoms with E-state index in [4.69, 9.17) is 18.9 Å². The van der Waals surface area contributed by atoms with Crippen LogP contribution in [0.5, 0.6) is 11.5 Å². The first kappa shape index (κ1) is 31.3. The summed E-state index contributed by atoms with van der Waals surface area (Å²) in [4.78, 5) is 11.7. The fraction of sp³-hybridized carbons (Fsp3) is 0.583. The molecule has 5 nitrogen and oxygen atoms in total. The van der Waals surface area contributed by atoms with E-state index in [0.29, 0.717) is 17.4 Å². The quantitative estimate of drug-likeness (QED) is 0.0994. The molecular formula is C36H50O5. The minimum atomic E-state index is -0.408. The number of esters is 1. The molecule has 5 heteroatoms. The third-order valence-electron chi connectivity index (χ3n) is 8.58. The molecule has 2 aromatic carbocycles. The van der Waals surface area contributed by atoms with Crippen LogP contribution >= 0.6 is 0 Å². The van der Waals surface area contributed by atoms with Gasteiger partial charge in [-0.25, -0.2) is 4.79 Å². The van der Waals surface area contributed by atoms with Gasteiger partial charge in [0.2, 0.25) is 0 Å². The summed E-state index contributed by atoms with van der Waals surface area (Å²) in [5.74, 6) is 2.44. The predicted octanol–water partition coefficient (Wildman–Crippen LogP) is 9.29. The van der Waals surface area contributed by atoms with Crippen LogP contribution in [0.2, 0.25) is 0 Å². The molecule has 0 radical (unpaired) electrons. The molecule has 1 saturated carbocycles. The second kappa shape index (κ2) is 15.6. The van der Waals surface area contributed by atoms with Crippen molar-refractivity contribution in [1.82, 2.24) is 0 Å². The van der Waals surface area contributed by atoms with E-state index in [1.54, 1.807) is 19.1 Å². The number of unbranched alkanes of at least 4 members (excludes halogenated alkanes) is 3. The molecule has 1 saturated heterocycles. The van der Waals surface area contributed by atoms with Gasteiger partial charge in [-0.3, -0.25) is 0 Å². The number of carbonyl (C=O) groups excluding carboxylic acids is 1. The van der Waals surface area contributed by atoms with E-state index < -0.39 is 11.8 Å². The topological polar surface area (TPSA) is 54.0 Å². The number of ether oxygens (including phenoxy) is 4. The first-order chi connectivity index (χ1) is 19.8. The summed E-state index contributed by atoms with van der Waals surface area (Å²) in [6, 6.07) is 15.7. The summed E-state index contributed by atoms with van der Waals surface area (Å²) in [5, 5.41) is 0. The van der Waals surface area contributed by atoms with Crippen LogP contribution in [-0.4, -0.2) is 31.1 Å². The first-order valence-corrected chi connectivity index (χ1v) is 15.8. The van der Waals surface area contributed by atoms with E-state index in [0.717, 1.165) is 54.8 Å². The summed E-state index contributed by atoms with van der Waals surface area (Å²) in [7, 11) is 0. The van der Waals surface area contributed by atoms with Gasteiger partial charge in [0, 0.05) is 5.57 Å². The van der Waals surface area contributed by atoms with Gasteiger partial charge in [-0.05, 0) is 93.7 Å². The largest absolute Gasteiger partial charge is 0.494 e. The number of carbonyl (C=O) groups is 1. The molecule has 0 aromatic heterocycles. The molecule has 2 aliphatic rings. The zero-order chi connectivity index (χ0) is 29.1. The molecule has 1 aliphatic heterocycles. The molecule has 2 fully saturated rings.